The standard InChI is InChI=1S/C24H26N2O6S/c1-15-6-9-19(10-7-15)25-33(29,30)23-13-18(8-11-22(23)31-5)24(28)32-14-21(27)20-12-16(2)26(4)17(20)3/h6-13,25H,14H2,1-5H3. The second-order valence-corrected chi connectivity index (χ2v) is 9.33. The number of nitrogens with zero attached hydrogens (tertiary/aromatic N) is 1. The van der Waals surface area contributed by atoms with Crippen LogP contribution >= 0.6 is 0 Å². The number of ether oxygens (including phenoxy) is 2. The zero-order valence-corrected chi connectivity index (χ0v) is 19.9. The number of methoxy groups -OCH3 is 1. The van der Waals surface area contributed by atoms with Crippen molar-refractivity contribution in [1.29, 1.82) is 0 Å². The number of Topliss-reactive ketones (excluding diaryl/α,β-unsaturated/α-hetero) is 1. The lowest BCUT2D eigenvalue weighted by atomic mass is 10.1. The maximum atomic E-state index is 13.0. The zero-order valence-electron chi connectivity index (χ0n) is 19.1. The molecule has 0 unspecified atom stereocenters. The molecule has 0 atom stereocenters. The summed E-state index contributed by atoms with van der Waals surface area (Å²) in [7, 11) is -0.880. The van der Waals surface area contributed by atoms with Gasteiger partial charge in [0, 0.05) is 29.7 Å². The molecule has 0 amide bonds. The van der Waals surface area contributed by atoms with Gasteiger partial charge in [0.1, 0.15) is 10.6 Å². The molecule has 3 aromatic rings. The number of hydrogen-bond donors (Lipinski definition) is 1. The highest BCUT2D eigenvalue weighted by Crippen LogP contribution is 2.27. The Labute approximate surface area is 193 Å². The summed E-state index contributed by atoms with van der Waals surface area (Å²) in [6.45, 7) is 5.11. The minimum atomic E-state index is -4.06. The van der Waals surface area contributed by atoms with E-state index in [-0.39, 0.29) is 22.0 Å². The highest BCUT2D eigenvalue weighted by Gasteiger charge is 2.23. The van der Waals surface area contributed by atoms with E-state index < -0.39 is 22.6 Å². The Bertz CT molecular complexity index is 1310. The number of anilines is 1. The van der Waals surface area contributed by atoms with Crippen LogP contribution in [0.15, 0.2) is 53.4 Å². The van der Waals surface area contributed by atoms with E-state index >= 15 is 0 Å². The first-order valence-electron chi connectivity index (χ1n) is 10.1. The van der Waals surface area contributed by atoms with Crippen LogP contribution in [-0.4, -0.2) is 38.5 Å². The average Bonchev–Trinajstić information content (AvgIpc) is 3.05. The maximum Gasteiger partial charge on any atom is 0.338 e. The van der Waals surface area contributed by atoms with E-state index in [1.807, 2.05) is 32.4 Å². The molecule has 1 aromatic heterocycles. The fraction of sp³-hybridized carbons (Fsp3) is 0.250. The quantitative estimate of drug-likeness (QED) is 0.397. The number of esters is 1. The number of nitrogens with one attached hydrogen (secondary N) is 1. The van der Waals surface area contributed by atoms with Gasteiger partial charge in [-0.15, -0.1) is 0 Å². The third-order valence-electron chi connectivity index (χ3n) is 5.40. The first kappa shape index (κ1) is 24.1. The molecule has 0 spiro atoms. The Hall–Kier alpha value is -3.59. The van der Waals surface area contributed by atoms with E-state index in [4.69, 9.17) is 9.47 Å². The van der Waals surface area contributed by atoms with Crippen molar-refractivity contribution in [3.8, 4) is 5.75 Å². The summed E-state index contributed by atoms with van der Waals surface area (Å²) >= 11 is 0. The predicted molar refractivity (Wildman–Crippen MR) is 124 cm³/mol. The van der Waals surface area contributed by atoms with Crippen LogP contribution < -0.4 is 9.46 Å². The van der Waals surface area contributed by atoms with Gasteiger partial charge in [-0.05, 0) is 57.2 Å². The van der Waals surface area contributed by atoms with Crippen molar-refractivity contribution in [3.05, 3.63) is 76.6 Å². The molecule has 33 heavy (non-hydrogen) atoms. The lowest BCUT2D eigenvalue weighted by Gasteiger charge is -2.13. The smallest absolute Gasteiger partial charge is 0.338 e. The molecule has 0 aliphatic heterocycles. The van der Waals surface area contributed by atoms with Gasteiger partial charge < -0.3 is 14.0 Å². The van der Waals surface area contributed by atoms with Gasteiger partial charge in [0.25, 0.3) is 10.0 Å². The average molecular weight is 471 g/mol. The highest BCUT2D eigenvalue weighted by molar-refractivity contribution is 7.92. The molecule has 0 saturated carbocycles. The van der Waals surface area contributed by atoms with Gasteiger partial charge in [0.2, 0.25) is 5.78 Å². The predicted octanol–water partition coefficient (Wildman–Crippen LogP) is 3.80. The summed E-state index contributed by atoms with van der Waals surface area (Å²) in [5, 5.41) is 0. The highest BCUT2D eigenvalue weighted by atomic mass is 32.2. The van der Waals surface area contributed by atoms with Crippen molar-refractivity contribution in [3.63, 3.8) is 0 Å². The van der Waals surface area contributed by atoms with Gasteiger partial charge in [-0.2, -0.15) is 0 Å². The van der Waals surface area contributed by atoms with Crippen LogP contribution in [0.2, 0.25) is 0 Å². The van der Waals surface area contributed by atoms with E-state index in [2.05, 4.69) is 4.72 Å². The van der Waals surface area contributed by atoms with E-state index in [9.17, 15) is 18.0 Å². The van der Waals surface area contributed by atoms with Crippen molar-refractivity contribution in [2.75, 3.05) is 18.4 Å². The summed E-state index contributed by atoms with van der Waals surface area (Å²) in [6, 6.07) is 12.5. The minimum absolute atomic E-state index is 0.0196. The minimum Gasteiger partial charge on any atom is -0.495 e. The third-order valence-corrected chi connectivity index (χ3v) is 6.81. The van der Waals surface area contributed by atoms with Crippen molar-refractivity contribution < 1.29 is 27.5 Å². The van der Waals surface area contributed by atoms with Gasteiger partial charge in [-0.1, -0.05) is 17.7 Å². The van der Waals surface area contributed by atoms with E-state index in [0.29, 0.717) is 11.3 Å². The van der Waals surface area contributed by atoms with Gasteiger partial charge >= 0.3 is 5.97 Å². The number of rotatable bonds is 8. The molecular weight excluding hydrogens is 444 g/mol. The number of carbonyl (C=O) groups excluding carboxylic acids is 2. The Balaban J connectivity index is 1.80. The SMILES string of the molecule is COc1ccc(C(=O)OCC(=O)c2cc(C)n(C)c2C)cc1S(=O)(=O)Nc1ccc(C)cc1. The number of aromatic nitrogens is 1. The molecular formula is C24H26N2O6S. The molecule has 0 aliphatic carbocycles. The Morgan fingerprint density at radius 2 is 1.67 bits per heavy atom. The second kappa shape index (κ2) is 9.50. The number of hydrogen-bond acceptors (Lipinski definition) is 6. The third kappa shape index (κ3) is 5.25. The van der Waals surface area contributed by atoms with Gasteiger partial charge in [-0.3, -0.25) is 9.52 Å². The number of sulfonamides is 1. The zero-order chi connectivity index (χ0) is 24.3. The Morgan fingerprint density at radius 3 is 2.24 bits per heavy atom. The normalized spacial score (nSPS) is 11.2. The maximum absolute atomic E-state index is 13.0. The molecule has 0 bridgehead atoms. The topological polar surface area (TPSA) is 104 Å². The molecule has 2 aromatic carbocycles. The summed E-state index contributed by atoms with van der Waals surface area (Å²) in [6.07, 6.45) is 0. The molecule has 174 valence electrons. The summed E-state index contributed by atoms with van der Waals surface area (Å²) in [4.78, 5) is 24.9. The van der Waals surface area contributed by atoms with Crippen LogP contribution in [0.4, 0.5) is 5.69 Å². The number of ketones is 1. The Morgan fingerprint density at radius 1 is 1.00 bits per heavy atom. The summed E-state index contributed by atoms with van der Waals surface area (Å²) in [5.74, 6) is -1.09. The summed E-state index contributed by atoms with van der Waals surface area (Å²) < 4.78 is 40.6. The fourth-order valence-corrected chi connectivity index (χ4v) is 4.53. The largest absolute Gasteiger partial charge is 0.495 e. The van der Waals surface area contributed by atoms with E-state index in [0.717, 1.165) is 17.0 Å². The van der Waals surface area contributed by atoms with Crippen LogP contribution in [-0.2, 0) is 21.8 Å². The van der Waals surface area contributed by atoms with Crippen LogP contribution in [0.3, 0.4) is 0 Å². The molecule has 0 saturated heterocycles. The van der Waals surface area contributed by atoms with E-state index in [1.165, 1.54) is 25.3 Å². The molecule has 8 nitrogen and oxygen atoms in total. The Kier molecular flexibility index (Phi) is 6.92. The van der Waals surface area contributed by atoms with Crippen LogP contribution in [0.1, 0.15) is 37.7 Å². The molecule has 1 heterocycles. The molecule has 1 N–H and O–H groups in total. The number of benzene rings is 2. The summed E-state index contributed by atoms with van der Waals surface area (Å²) in [5.41, 5.74) is 3.49. The van der Waals surface area contributed by atoms with Crippen molar-refractivity contribution in [1.82, 2.24) is 4.57 Å². The first-order chi connectivity index (χ1) is 15.5. The van der Waals surface area contributed by atoms with Crippen molar-refractivity contribution >= 4 is 27.5 Å². The molecule has 9 heteroatoms. The lowest BCUT2D eigenvalue weighted by Crippen LogP contribution is -2.17. The van der Waals surface area contributed by atoms with Gasteiger partial charge in [0.05, 0.1) is 12.7 Å². The number of aryl methyl sites for hydroxylation is 2. The lowest BCUT2D eigenvalue weighted by molar-refractivity contribution is 0.0474. The van der Waals surface area contributed by atoms with Gasteiger partial charge in [-0.25, -0.2) is 13.2 Å². The first-order valence-corrected chi connectivity index (χ1v) is 11.6. The van der Waals surface area contributed by atoms with Crippen molar-refractivity contribution in [2.45, 2.75) is 25.7 Å². The molecule has 0 radical (unpaired) electrons. The van der Waals surface area contributed by atoms with Crippen LogP contribution in [0.25, 0.3) is 0 Å². The monoisotopic (exact) mass is 470 g/mol. The molecule has 0 fully saturated rings. The van der Waals surface area contributed by atoms with E-state index in [1.54, 1.807) is 30.3 Å². The van der Waals surface area contributed by atoms with Crippen molar-refractivity contribution in [2.24, 2.45) is 7.05 Å². The number of carbonyl (C=O) groups is 2. The molecule has 0 aliphatic rings. The van der Waals surface area contributed by atoms with Crippen LogP contribution in [0, 0.1) is 20.8 Å². The second-order valence-electron chi connectivity index (χ2n) is 7.68. The van der Waals surface area contributed by atoms with Crippen LogP contribution in [0.5, 0.6) is 5.75 Å². The fourth-order valence-electron chi connectivity index (χ4n) is 3.28. The molecule has 3 rings (SSSR count). The van der Waals surface area contributed by atoms with Gasteiger partial charge in [0.15, 0.2) is 6.61 Å².